The van der Waals surface area contributed by atoms with Crippen LogP contribution < -0.4 is 0 Å². The Morgan fingerprint density at radius 3 is 2.19 bits per heavy atom. The molecule has 1 heterocycles. The largest absolute Gasteiger partial charge is 0.236 e. The van der Waals surface area contributed by atoms with Crippen molar-refractivity contribution in [2.45, 2.75) is 26.2 Å². The Hall–Kier alpha value is -3.65. The van der Waals surface area contributed by atoms with Crippen LogP contribution in [-0.4, -0.2) is 9.97 Å². The van der Waals surface area contributed by atoms with Crippen LogP contribution in [0.5, 0.6) is 0 Å². The number of halogens is 3. The average Bonchev–Trinajstić information content (AvgIpc) is 2.80. The van der Waals surface area contributed by atoms with Crippen LogP contribution in [-0.2, 0) is 6.42 Å². The molecule has 0 N–H and O–H groups in total. The number of fused-ring (bicyclic) bond motifs is 1. The number of hydrogen-bond donors (Lipinski definition) is 0. The van der Waals surface area contributed by atoms with E-state index in [1.807, 2.05) is 36.7 Å². The van der Waals surface area contributed by atoms with E-state index in [-0.39, 0.29) is 10.8 Å². The minimum absolute atomic E-state index is 0.0227. The molecule has 0 atom stereocenters. The first-order valence-corrected chi connectivity index (χ1v) is 10.1. The zero-order chi connectivity index (χ0) is 21.8. The molecule has 0 amide bonds. The van der Waals surface area contributed by atoms with E-state index in [0.717, 1.165) is 42.0 Å². The molecule has 0 aliphatic carbocycles. The molecule has 0 saturated heterocycles. The minimum Gasteiger partial charge on any atom is -0.236 e. The molecule has 0 unspecified atom stereocenters. The van der Waals surface area contributed by atoms with Crippen LogP contribution in [0.4, 0.5) is 13.2 Å². The van der Waals surface area contributed by atoms with Gasteiger partial charge in [0.15, 0.2) is 23.3 Å². The Balaban J connectivity index is 1.53. The average molecular weight is 416 g/mol. The van der Waals surface area contributed by atoms with E-state index < -0.39 is 17.5 Å². The van der Waals surface area contributed by atoms with E-state index in [1.165, 1.54) is 12.1 Å². The molecule has 31 heavy (non-hydrogen) atoms. The molecule has 1 aromatic heterocycles. The maximum atomic E-state index is 13.8. The highest BCUT2D eigenvalue weighted by atomic mass is 19.2. The highest BCUT2D eigenvalue weighted by molar-refractivity contribution is 5.84. The van der Waals surface area contributed by atoms with Gasteiger partial charge in [0.1, 0.15) is 0 Å². The van der Waals surface area contributed by atoms with Crippen LogP contribution in [0.15, 0.2) is 60.9 Å². The third kappa shape index (κ3) is 4.59. The van der Waals surface area contributed by atoms with Gasteiger partial charge in [-0.2, -0.15) is 0 Å². The van der Waals surface area contributed by atoms with Crippen molar-refractivity contribution in [2.24, 2.45) is 0 Å². The summed E-state index contributed by atoms with van der Waals surface area (Å²) in [6.45, 7) is 2.15. The van der Waals surface area contributed by atoms with Gasteiger partial charge in [-0.15, -0.1) is 0 Å². The molecule has 2 nitrogen and oxygen atoms in total. The molecule has 0 saturated carbocycles. The molecular formula is C26H19F3N2. The van der Waals surface area contributed by atoms with E-state index in [9.17, 15) is 13.2 Å². The fourth-order valence-electron chi connectivity index (χ4n) is 3.24. The molecule has 4 rings (SSSR count). The second-order valence-corrected chi connectivity index (χ2v) is 7.27. The number of aryl methyl sites for hydroxylation is 1. The van der Waals surface area contributed by atoms with E-state index >= 15 is 0 Å². The second kappa shape index (κ2) is 9.01. The SMILES string of the molecule is CCCCc1cnc(-c2ccc(C#Cc3ccc4c(F)c(F)c(F)cc4c3)cc2)nc1. The number of nitrogens with zero attached hydrogens (tertiary/aromatic N) is 2. The van der Waals surface area contributed by atoms with Gasteiger partial charge in [-0.25, -0.2) is 23.1 Å². The lowest BCUT2D eigenvalue weighted by atomic mass is 10.1. The topological polar surface area (TPSA) is 25.8 Å². The Kier molecular flexibility index (Phi) is 5.99. The summed E-state index contributed by atoms with van der Waals surface area (Å²) in [7, 11) is 0. The Morgan fingerprint density at radius 1 is 0.806 bits per heavy atom. The molecule has 5 heteroatoms. The highest BCUT2D eigenvalue weighted by Gasteiger charge is 2.13. The third-order valence-electron chi connectivity index (χ3n) is 4.99. The van der Waals surface area contributed by atoms with Gasteiger partial charge in [0.05, 0.1) is 0 Å². The van der Waals surface area contributed by atoms with Crippen molar-refractivity contribution in [3.05, 3.63) is 95.1 Å². The van der Waals surface area contributed by atoms with Gasteiger partial charge < -0.3 is 0 Å². The maximum Gasteiger partial charge on any atom is 0.195 e. The van der Waals surface area contributed by atoms with Gasteiger partial charge in [-0.3, -0.25) is 0 Å². The first-order valence-electron chi connectivity index (χ1n) is 10.1. The molecule has 0 bridgehead atoms. The van der Waals surface area contributed by atoms with Crippen molar-refractivity contribution in [3.63, 3.8) is 0 Å². The van der Waals surface area contributed by atoms with Crippen molar-refractivity contribution in [1.29, 1.82) is 0 Å². The standard InChI is InChI=1S/C26H19F3N2/c1-2-3-4-19-15-30-26(31-16-19)20-10-7-17(8-11-20)5-6-18-9-12-22-21(13-18)14-23(27)25(29)24(22)28/h7-16H,2-4H2,1H3. The second-order valence-electron chi connectivity index (χ2n) is 7.27. The predicted octanol–water partition coefficient (Wildman–Crippen LogP) is 6.46. The fourth-order valence-corrected chi connectivity index (χ4v) is 3.24. The predicted molar refractivity (Wildman–Crippen MR) is 116 cm³/mol. The lowest BCUT2D eigenvalue weighted by molar-refractivity contribution is 0.453. The van der Waals surface area contributed by atoms with Gasteiger partial charge in [-0.1, -0.05) is 31.3 Å². The van der Waals surface area contributed by atoms with Gasteiger partial charge in [0.2, 0.25) is 0 Å². The van der Waals surface area contributed by atoms with Gasteiger partial charge in [0.25, 0.3) is 0 Å². The summed E-state index contributed by atoms with van der Waals surface area (Å²) in [5.41, 5.74) is 3.38. The van der Waals surface area contributed by atoms with Crippen molar-refractivity contribution in [1.82, 2.24) is 9.97 Å². The van der Waals surface area contributed by atoms with E-state index in [2.05, 4.69) is 28.7 Å². The van der Waals surface area contributed by atoms with E-state index in [0.29, 0.717) is 11.4 Å². The van der Waals surface area contributed by atoms with Crippen LogP contribution in [0.1, 0.15) is 36.5 Å². The summed E-state index contributed by atoms with van der Waals surface area (Å²) in [4.78, 5) is 8.88. The van der Waals surface area contributed by atoms with Crippen LogP contribution in [0.2, 0.25) is 0 Å². The van der Waals surface area contributed by atoms with Crippen LogP contribution in [0.25, 0.3) is 22.2 Å². The van der Waals surface area contributed by atoms with Crippen LogP contribution in [0, 0.1) is 29.3 Å². The smallest absolute Gasteiger partial charge is 0.195 e. The van der Waals surface area contributed by atoms with Crippen LogP contribution in [0.3, 0.4) is 0 Å². The first-order chi connectivity index (χ1) is 15.0. The fraction of sp³-hybridized carbons (Fsp3) is 0.154. The number of rotatable bonds is 4. The summed E-state index contributed by atoms with van der Waals surface area (Å²) >= 11 is 0. The van der Waals surface area contributed by atoms with Crippen molar-refractivity contribution < 1.29 is 13.2 Å². The Bertz CT molecular complexity index is 1290. The molecule has 0 aliphatic heterocycles. The lowest BCUT2D eigenvalue weighted by Gasteiger charge is -2.03. The number of aromatic nitrogens is 2. The third-order valence-corrected chi connectivity index (χ3v) is 4.99. The molecule has 0 fully saturated rings. The number of hydrogen-bond acceptors (Lipinski definition) is 2. The summed E-state index contributed by atoms with van der Waals surface area (Å²) in [5.74, 6) is 2.78. The van der Waals surface area contributed by atoms with Crippen LogP contribution >= 0.6 is 0 Å². The monoisotopic (exact) mass is 416 g/mol. The van der Waals surface area contributed by atoms with Gasteiger partial charge >= 0.3 is 0 Å². The highest BCUT2D eigenvalue weighted by Crippen LogP contribution is 2.24. The van der Waals surface area contributed by atoms with Gasteiger partial charge in [0, 0.05) is 34.5 Å². The molecule has 4 aromatic rings. The molecule has 154 valence electrons. The molecular weight excluding hydrogens is 397 g/mol. The van der Waals surface area contributed by atoms with Crippen molar-refractivity contribution in [3.8, 4) is 23.2 Å². The van der Waals surface area contributed by atoms with Gasteiger partial charge in [-0.05, 0) is 66.3 Å². The summed E-state index contributed by atoms with van der Waals surface area (Å²) in [6.07, 6.45) is 6.96. The van der Waals surface area contributed by atoms with Crippen molar-refractivity contribution in [2.75, 3.05) is 0 Å². The normalized spacial score (nSPS) is 10.7. The Labute approximate surface area is 178 Å². The minimum atomic E-state index is -1.47. The number of benzene rings is 3. The maximum absolute atomic E-state index is 13.8. The van der Waals surface area contributed by atoms with Crippen molar-refractivity contribution >= 4 is 10.8 Å². The van der Waals surface area contributed by atoms with E-state index in [1.54, 1.807) is 6.07 Å². The van der Waals surface area contributed by atoms with E-state index in [4.69, 9.17) is 0 Å². The molecule has 3 aromatic carbocycles. The molecule has 0 radical (unpaired) electrons. The first kappa shape index (κ1) is 20.6. The zero-order valence-corrected chi connectivity index (χ0v) is 16.9. The number of unbranched alkanes of at least 4 members (excludes halogenated alkanes) is 1. The summed E-state index contributed by atoms with van der Waals surface area (Å²) in [6, 6.07) is 13.0. The summed E-state index contributed by atoms with van der Waals surface area (Å²) in [5, 5.41) is 0.285. The Morgan fingerprint density at radius 2 is 1.48 bits per heavy atom. The molecule has 0 spiro atoms. The zero-order valence-electron chi connectivity index (χ0n) is 16.9. The molecule has 0 aliphatic rings. The quantitative estimate of drug-likeness (QED) is 0.282. The summed E-state index contributed by atoms with van der Waals surface area (Å²) < 4.78 is 40.7. The lowest BCUT2D eigenvalue weighted by Crippen LogP contribution is -1.93.